The van der Waals surface area contributed by atoms with Gasteiger partial charge in [-0.05, 0) is 13.0 Å². The number of aromatic nitrogens is 1. The van der Waals surface area contributed by atoms with Gasteiger partial charge < -0.3 is 15.8 Å². The minimum absolute atomic E-state index is 0. The lowest BCUT2D eigenvalue weighted by Gasteiger charge is -2.06. The minimum Gasteiger partial charge on any atom is -0.481 e. The van der Waals surface area contributed by atoms with Crippen LogP contribution in [0.5, 0.6) is 5.88 Å². The highest BCUT2D eigenvalue weighted by Crippen LogP contribution is 2.14. The van der Waals surface area contributed by atoms with Crippen LogP contribution in [0.1, 0.15) is 12.5 Å². The number of halogens is 1. The van der Waals surface area contributed by atoms with E-state index < -0.39 is 0 Å². The number of rotatable bonds is 5. The molecule has 0 spiro atoms. The molecule has 0 aliphatic heterocycles. The van der Waals surface area contributed by atoms with E-state index >= 15 is 0 Å². The highest BCUT2D eigenvalue weighted by Gasteiger charge is 2.01. The first kappa shape index (κ1) is 16.7. The van der Waals surface area contributed by atoms with E-state index in [4.69, 9.17) is 10.5 Å². The Morgan fingerprint density at radius 3 is 2.94 bits per heavy atom. The number of ether oxygens (including phenoxy) is 1. The number of hydrogen-bond donors (Lipinski definition) is 2. The summed E-state index contributed by atoms with van der Waals surface area (Å²) in [5, 5.41) is 2.96. The second-order valence-corrected chi connectivity index (χ2v) is 3.68. The molecule has 18 heavy (non-hydrogen) atoms. The van der Waals surface area contributed by atoms with Crippen LogP contribution in [0.3, 0.4) is 0 Å². The minimum atomic E-state index is 0. The molecule has 0 amide bonds. The van der Waals surface area contributed by atoms with Crippen molar-refractivity contribution in [1.29, 1.82) is 0 Å². The first-order valence-electron chi connectivity index (χ1n) is 5.29. The van der Waals surface area contributed by atoms with Crippen LogP contribution in [0.4, 0.5) is 0 Å². The van der Waals surface area contributed by atoms with Crippen LogP contribution in [0, 0.1) is 0 Å². The summed E-state index contributed by atoms with van der Waals surface area (Å²) < 4.78 is 5.12. The molecule has 1 aromatic rings. The summed E-state index contributed by atoms with van der Waals surface area (Å²) in [5.74, 6) is 0.961. The zero-order valence-electron chi connectivity index (χ0n) is 10.6. The van der Waals surface area contributed by atoms with Crippen LogP contribution < -0.4 is 15.8 Å². The third kappa shape index (κ3) is 5.85. The number of guanidine groups is 1. The van der Waals surface area contributed by atoms with Gasteiger partial charge in [-0.15, -0.1) is 24.0 Å². The van der Waals surface area contributed by atoms with E-state index in [0.29, 0.717) is 24.9 Å². The largest absolute Gasteiger partial charge is 0.481 e. The van der Waals surface area contributed by atoms with Gasteiger partial charge >= 0.3 is 0 Å². The molecule has 100 valence electrons. The summed E-state index contributed by atoms with van der Waals surface area (Å²) in [5.41, 5.74) is 7.60. The van der Waals surface area contributed by atoms with Crippen molar-refractivity contribution >= 4 is 29.9 Å². The zero-order valence-corrected chi connectivity index (χ0v) is 13.0. The fourth-order valence-electron chi connectivity index (χ4n) is 1.20. The Morgan fingerprint density at radius 2 is 2.33 bits per heavy atom. The molecule has 0 saturated heterocycles. The van der Waals surface area contributed by atoms with Crippen LogP contribution in [-0.4, -0.2) is 24.6 Å². The molecule has 1 heterocycles. The van der Waals surface area contributed by atoms with Gasteiger partial charge in [0.2, 0.25) is 5.88 Å². The Hall–Kier alpha value is -1.31. The van der Waals surface area contributed by atoms with Gasteiger partial charge in [0.25, 0.3) is 0 Å². The summed E-state index contributed by atoms with van der Waals surface area (Å²) in [6, 6.07) is 3.74. The second-order valence-electron chi connectivity index (χ2n) is 3.68. The number of pyridine rings is 1. The molecule has 0 aliphatic carbocycles. The van der Waals surface area contributed by atoms with E-state index in [-0.39, 0.29) is 24.0 Å². The molecule has 0 saturated carbocycles. The summed E-state index contributed by atoms with van der Waals surface area (Å²) in [6.07, 6.45) is 1.68. The maximum absolute atomic E-state index is 5.70. The third-order valence-corrected chi connectivity index (χ3v) is 2.03. The fourth-order valence-corrected chi connectivity index (χ4v) is 1.20. The lowest BCUT2D eigenvalue weighted by molar-refractivity contribution is 0.392. The molecule has 0 fully saturated rings. The van der Waals surface area contributed by atoms with Gasteiger partial charge in [-0.2, -0.15) is 0 Å². The van der Waals surface area contributed by atoms with E-state index in [1.807, 2.05) is 19.1 Å². The molecule has 0 radical (unpaired) electrons. The average molecular weight is 362 g/mol. The normalized spacial score (nSPS) is 10.4. The van der Waals surface area contributed by atoms with Crippen molar-refractivity contribution in [2.24, 2.45) is 10.7 Å². The highest BCUT2D eigenvalue weighted by atomic mass is 127. The molecule has 1 rings (SSSR count). The SMILES string of the molecule is C=C(C)CNC(N)=NCc1cccnc1OC.I. The number of nitrogens with two attached hydrogens (primary N) is 1. The average Bonchev–Trinajstić information content (AvgIpc) is 2.34. The molecular weight excluding hydrogens is 343 g/mol. The number of hydrogen-bond acceptors (Lipinski definition) is 3. The Labute approximate surface area is 125 Å². The summed E-state index contributed by atoms with van der Waals surface area (Å²) in [4.78, 5) is 8.28. The van der Waals surface area contributed by atoms with Crippen LogP contribution in [-0.2, 0) is 6.54 Å². The standard InChI is InChI=1S/C12H18N4O.HI/c1-9(2)7-15-12(13)16-8-10-5-4-6-14-11(10)17-3;/h4-6H,1,7-8H2,2-3H3,(H3,13,15,16);1H. The highest BCUT2D eigenvalue weighted by molar-refractivity contribution is 14.0. The predicted molar refractivity (Wildman–Crippen MR) is 84.3 cm³/mol. The van der Waals surface area contributed by atoms with E-state index in [2.05, 4.69) is 21.9 Å². The van der Waals surface area contributed by atoms with E-state index in [9.17, 15) is 0 Å². The van der Waals surface area contributed by atoms with E-state index in [1.165, 1.54) is 0 Å². The summed E-state index contributed by atoms with van der Waals surface area (Å²) in [7, 11) is 1.58. The first-order chi connectivity index (χ1) is 8.13. The van der Waals surface area contributed by atoms with Gasteiger partial charge in [0.1, 0.15) is 0 Å². The van der Waals surface area contributed by atoms with E-state index in [0.717, 1.165) is 11.1 Å². The Kier molecular flexibility index (Phi) is 8.10. The van der Waals surface area contributed by atoms with Crippen molar-refractivity contribution in [2.75, 3.05) is 13.7 Å². The molecule has 1 aromatic heterocycles. The monoisotopic (exact) mass is 362 g/mol. The van der Waals surface area contributed by atoms with Gasteiger partial charge in [0.15, 0.2) is 5.96 Å². The molecule has 0 bridgehead atoms. The van der Waals surface area contributed by atoms with Crippen molar-refractivity contribution in [3.8, 4) is 5.88 Å². The van der Waals surface area contributed by atoms with Crippen LogP contribution >= 0.6 is 24.0 Å². The first-order valence-corrected chi connectivity index (χ1v) is 5.29. The van der Waals surface area contributed by atoms with Gasteiger partial charge in [0.05, 0.1) is 13.7 Å². The fraction of sp³-hybridized carbons (Fsp3) is 0.333. The molecule has 6 heteroatoms. The molecular formula is C12H19IN4O. The van der Waals surface area contributed by atoms with Gasteiger partial charge in [-0.25, -0.2) is 9.98 Å². The van der Waals surface area contributed by atoms with Crippen molar-refractivity contribution in [3.63, 3.8) is 0 Å². The summed E-state index contributed by atoms with van der Waals surface area (Å²) >= 11 is 0. The van der Waals surface area contributed by atoms with E-state index in [1.54, 1.807) is 13.3 Å². The molecule has 0 atom stereocenters. The maximum atomic E-state index is 5.70. The molecule has 0 aliphatic rings. The maximum Gasteiger partial charge on any atom is 0.218 e. The predicted octanol–water partition coefficient (Wildman–Crippen LogP) is 1.69. The smallest absolute Gasteiger partial charge is 0.218 e. The Bertz CT molecular complexity index is 420. The molecule has 5 nitrogen and oxygen atoms in total. The van der Waals surface area contributed by atoms with Crippen LogP contribution in [0.2, 0.25) is 0 Å². The topological polar surface area (TPSA) is 72.5 Å². The van der Waals surface area contributed by atoms with Gasteiger partial charge in [-0.1, -0.05) is 18.2 Å². The number of nitrogens with zero attached hydrogens (tertiary/aromatic N) is 2. The Balaban J connectivity index is 0.00000289. The quantitative estimate of drug-likeness (QED) is 0.362. The van der Waals surface area contributed by atoms with Gasteiger partial charge in [-0.3, -0.25) is 0 Å². The molecule has 0 aromatic carbocycles. The number of nitrogens with one attached hydrogen (secondary N) is 1. The van der Waals surface area contributed by atoms with Gasteiger partial charge in [0, 0.05) is 18.3 Å². The van der Waals surface area contributed by atoms with Crippen molar-refractivity contribution in [3.05, 3.63) is 36.0 Å². The molecule has 3 N–H and O–H groups in total. The van der Waals surface area contributed by atoms with Crippen molar-refractivity contribution in [1.82, 2.24) is 10.3 Å². The number of methoxy groups -OCH3 is 1. The lowest BCUT2D eigenvalue weighted by Crippen LogP contribution is -2.32. The zero-order chi connectivity index (χ0) is 12.7. The van der Waals surface area contributed by atoms with Crippen molar-refractivity contribution in [2.45, 2.75) is 13.5 Å². The van der Waals surface area contributed by atoms with Crippen LogP contribution in [0.15, 0.2) is 35.5 Å². The molecule has 0 unspecified atom stereocenters. The number of aliphatic imine (C=N–C) groups is 1. The second kappa shape index (κ2) is 8.73. The lowest BCUT2D eigenvalue weighted by atomic mass is 10.3. The third-order valence-electron chi connectivity index (χ3n) is 2.03. The van der Waals surface area contributed by atoms with Crippen molar-refractivity contribution < 1.29 is 4.74 Å². The Morgan fingerprint density at radius 1 is 1.61 bits per heavy atom. The summed E-state index contributed by atoms with van der Waals surface area (Å²) in [6.45, 7) is 6.75. The van der Waals surface area contributed by atoms with Crippen LogP contribution in [0.25, 0.3) is 0 Å².